The minimum atomic E-state index is -0.601. The second-order valence-electron chi connectivity index (χ2n) is 10.0. The van der Waals surface area contributed by atoms with E-state index in [1.165, 1.54) is 6.08 Å². The van der Waals surface area contributed by atoms with E-state index in [-0.39, 0.29) is 18.4 Å². The van der Waals surface area contributed by atoms with Crippen molar-refractivity contribution in [1.82, 2.24) is 21.3 Å². The van der Waals surface area contributed by atoms with Crippen LogP contribution in [0.2, 0.25) is 0 Å². The van der Waals surface area contributed by atoms with Crippen LogP contribution in [0.5, 0.6) is 11.5 Å². The van der Waals surface area contributed by atoms with E-state index in [2.05, 4.69) is 21.3 Å². The molecule has 10 nitrogen and oxygen atoms in total. The molecule has 0 aromatic heterocycles. The third-order valence-electron chi connectivity index (χ3n) is 6.85. The number of carbonyl (C=O) groups excluding carboxylic acids is 3. The van der Waals surface area contributed by atoms with Crippen molar-refractivity contribution in [1.29, 1.82) is 0 Å². The number of carbonyl (C=O) groups is 3. The molecule has 44 heavy (non-hydrogen) atoms. The van der Waals surface area contributed by atoms with Gasteiger partial charge in [-0.1, -0.05) is 72.8 Å². The highest BCUT2D eigenvalue weighted by Gasteiger charge is 2.21. The Hall–Kier alpha value is -4.83. The van der Waals surface area contributed by atoms with Gasteiger partial charge in [-0.3, -0.25) is 9.59 Å². The average molecular weight is 603 g/mol. The lowest BCUT2D eigenvalue weighted by Gasteiger charge is -2.23. The summed E-state index contributed by atoms with van der Waals surface area (Å²) in [5.41, 5.74) is 2.77. The zero-order chi connectivity index (χ0) is 31.6. The van der Waals surface area contributed by atoms with E-state index in [1.807, 2.05) is 72.8 Å². The quantitative estimate of drug-likeness (QED) is 0.136. The Kier molecular flexibility index (Phi) is 14.3. The predicted molar refractivity (Wildman–Crippen MR) is 169 cm³/mol. The summed E-state index contributed by atoms with van der Waals surface area (Å²) in [5.74, 6) is 0.807. The number of ether oxygens (including phenoxy) is 3. The Bertz CT molecular complexity index is 1350. The average Bonchev–Trinajstić information content (AvgIpc) is 3.06. The molecule has 0 spiro atoms. The monoisotopic (exact) mass is 602 g/mol. The Balaban J connectivity index is 1.66. The van der Waals surface area contributed by atoms with Crippen LogP contribution in [0.1, 0.15) is 29.5 Å². The minimum absolute atomic E-state index is 0.176. The molecule has 0 heterocycles. The molecule has 0 aliphatic carbocycles. The zero-order valence-corrected chi connectivity index (χ0v) is 25.5. The third kappa shape index (κ3) is 11.8. The minimum Gasteiger partial charge on any atom is -0.497 e. The molecular formula is C34H42N4O6. The van der Waals surface area contributed by atoms with Crippen LogP contribution in [0, 0.1) is 0 Å². The molecule has 3 rings (SSSR count). The standard InChI is InChI=1S/C34H42N4O6/c1-35-32(39)19-17-28(21-25-11-6-4-7-12-25)38-33(40)30(37-23-27-16-18-29(42-2)22-31(27)43-3)15-10-20-36-34(41)44-24-26-13-8-5-9-14-26/h4-9,11-14,16-19,22,28,30,37H,10,15,20-21,23-24H2,1-3H3,(H,35,39)(H,36,41)(H,38,40)/b19-17+/t28-,30+/m1/s1. The summed E-state index contributed by atoms with van der Waals surface area (Å²) in [6.45, 7) is 0.861. The zero-order valence-electron chi connectivity index (χ0n) is 25.5. The lowest BCUT2D eigenvalue weighted by molar-refractivity contribution is -0.124. The maximum atomic E-state index is 13.7. The van der Waals surface area contributed by atoms with E-state index in [0.29, 0.717) is 43.9 Å². The number of likely N-dealkylation sites (N-methyl/N-ethyl adjacent to an activating group) is 1. The van der Waals surface area contributed by atoms with Crippen molar-refractivity contribution in [2.75, 3.05) is 27.8 Å². The Labute approximate surface area is 259 Å². The first kappa shape index (κ1) is 33.7. The van der Waals surface area contributed by atoms with Gasteiger partial charge in [0.15, 0.2) is 0 Å². The molecule has 3 aromatic rings. The van der Waals surface area contributed by atoms with Crippen LogP contribution in [0.4, 0.5) is 4.79 Å². The first-order chi connectivity index (χ1) is 21.4. The number of hydrogen-bond donors (Lipinski definition) is 4. The fourth-order valence-electron chi connectivity index (χ4n) is 4.43. The van der Waals surface area contributed by atoms with Crippen molar-refractivity contribution in [3.8, 4) is 11.5 Å². The highest BCUT2D eigenvalue weighted by Crippen LogP contribution is 2.24. The van der Waals surface area contributed by atoms with Gasteiger partial charge in [0.25, 0.3) is 0 Å². The number of alkyl carbamates (subject to hydrolysis) is 1. The topological polar surface area (TPSA) is 127 Å². The van der Waals surface area contributed by atoms with Gasteiger partial charge < -0.3 is 35.5 Å². The summed E-state index contributed by atoms with van der Waals surface area (Å²) in [6.07, 6.45) is 4.05. The van der Waals surface area contributed by atoms with Crippen LogP contribution in [0.25, 0.3) is 0 Å². The van der Waals surface area contributed by atoms with Gasteiger partial charge in [0.05, 0.1) is 26.3 Å². The molecule has 0 radical (unpaired) electrons. The maximum absolute atomic E-state index is 13.7. The first-order valence-corrected chi connectivity index (χ1v) is 14.5. The molecule has 0 aliphatic rings. The Morgan fingerprint density at radius 3 is 2.25 bits per heavy atom. The molecule has 0 bridgehead atoms. The molecule has 3 aromatic carbocycles. The van der Waals surface area contributed by atoms with Gasteiger partial charge >= 0.3 is 6.09 Å². The van der Waals surface area contributed by atoms with Gasteiger partial charge in [-0.2, -0.15) is 0 Å². The fraction of sp³-hybridized carbons (Fsp3) is 0.324. The van der Waals surface area contributed by atoms with Gasteiger partial charge in [0.2, 0.25) is 11.8 Å². The van der Waals surface area contributed by atoms with Gasteiger partial charge in [0.1, 0.15) is 18.1 Å². The Morgan fingerprint density at radius 2 is 1.59 bits per heavy atom. The maximum Gasteiger partial charge on any atom is 0.407 e. The van der Waals surface area contributed by atoms with Crippen molar-refractivity contribution in [3.05, 3.63) is 108 Å². The fourth-order valence-corrected chi connectivity index (χ4v) is 4.43. The van der Waals surface area contributed by atoms with Crippen LogP contribution in [-0.2, 0) is 33.9 Å². The van der Waals surface area contributed by atoms with Crippen LogP contribution in [0.3, 0.4) is 0 Å². The number of amides is 3. The second kappa shape index (κ2) is 18.7. The first-order valence-electron chi connectivity index (χ1n) is 14.5. The number of rotatable bonds is 17. The molecule has 10 heteroatoms. The van der Waals surface area contributed by atoms with Crippen LogP contribution < -0.4 is 30.7 Å². The van der Waals surface area contributed by atoms with Crippen molar-refractivity contribution >= 4 is 17.9 Å². The summed E-state index contributed by atoms with van der Waals surface area (Å²) in [7, 11) is 4.72. The summed E-state index contributed by atoms with van der Waals surface area (Å²) < 4.78 is 16.1. The van der Waals surface area contributed by atoms with Crippen molar-refractivity contribution < 1.29 is 28.6 Å². The Morgan fingerprint density at radius 1 is 0.886 bits per heavy atom. The predicted octanol–water partition coefficient (Wildman–Crippen LogP) is 3.90. The van der Waals surface area contributed by atoms with E-state index < -0.39 is 18.2 Å². The summed E-state index contributed by atoms with van der Waals surface area (Å²) in [6, 6.07) is 23.7. The normalized spacial score (nSPS) is 12.2. The van der Waals surface area contributed by atoms with Crippen molar-refractivity contribution in [3.63, 3.8) is 0 Å². The molecule has 0 unspecified atom stereocenters. The molecule has 0 saturated heterocycles. The smallest absolute Gasteiger partial charge is 0.407 e. The molecule has 234 valence electrons. The number of nitrogens with one attached hydrogen (secondary N) is 4. The molecular weight excluding hydrogens is 560 g/mol. The van der Waals surface area contributed by atoms with Gasteiger partial charge in [-0.25, -0.2) is 4.79 Å². The number of hydrogen-bond acceptors (Lipinski definition) is 7. The highest BCUT2D eigenvalue weighted by atomic mass is 16.5. The van der Waals surface area contributed by atoms with Crippen molar-refractivity contribution in [2.24, 2.45) is 0 Å². The van der Waals surface area contributed by atoms with E-state index in [0.717, 1.165) is 16.7 Å². The van der Waals surface area contributed by atoms with Gasteiger partial charge in [-0.15, -0.1) is 0 Å². The lowest BCUT2D eigenvalue weighted by atomic mass is 10.0. The lowest BCUT2D eigenvalue weighted by Crippen LogP contribution is -2.48. The highest BCUT2D eigenvalue weighted by molar-refractivity contribution is 5.87. The molecule has 3 amide bonds. The summed E-state index contributed by atoms with van der Waals surface area (Å²) in [4.78, 5) is 37.8. The SMILES string of the molecule is CNC(=O)/C=C/[C@H](Cc1ccccc1)NC(=O)[C@H](CCCNC(=O)OCc1ccccc1)NCc1ccc(OC)cc1OC. The summed E-state index contributed by atoms with van der Waals surface area (Å²) in [5, 5.41) is 11.8. The van der Waals surface area contributed by atoms with Crippen LogP contribution in [-0.4, -0.2) is 57.8 Å². The summed E-state index contributed by atoms with van der Waals surface area (Å²) >= 11 is 0. The number of methoxy groups -OCH3 is 2. The van der Waals surface area contributed by atoms with Crippen molar-refractivity contribution in [2.45, 2.75) is 44.5 Å². The molecule has 4 N–H and O–H groups in total. The van der Waals surface area contributed by atoms with E-state index in [4.69, 9.17) is 14.2 Å². The van der Waals surface area contributed by atoms with Gasteiger partial charge in [0, 0.05) is 37.8 Å². The second-order valence-corrected chi connectivity index (χ2v) is 10.0. The van der Waals surface area contributed by atoms with Crippen LogP contribution in [0.15, 0.2) is 91.0 Å². The van der Waals surface area contributed by atoms with E-state index in [1.54, 1.807) is 33.4 Å². The third-order valence-corrected chi connectivity index (χ3v) is 6.85. The van der Waals surface area contributed by atoms with E-state index in [9.17, 15) is 14.4 Å². The molecule has 2 atom stereocenters. The largest absolute Gasteiger partial charge is 0.497 e. The molecule has 0 aliphatic heterocycles. The van der Waals surface area contributed by atoms with E-state index >= 15 is 0 Å². The molecule has 0 saturated carbocycles. The van der Waals surface area contributed by atoms with Crippen LogP contribution >= 0.6 is 0 Å². The molecule has 0 fully saturated rings. The van der Waals surface area contributed by atoms with Gasteiger partial charge in [-0.05, 0) is 36.5 Å². The number of benzene rings is 3.